The molecule has 17 heavy (non-hydrogen) atoms. The Morgan fingerprint density at radius 3 is 2.59 bits per heavy atom. The molecule has 0 bridgehead atoms. The normalized spacial score (nSPS) is 13.3. The Morgan fingerprint density at radius 2 is 2.12 bits per heavy atom. The van der Waals surface area contributed by atoms with Crippen LogP contribution in [0.2, 0.25) is 0 Å². The van der Waals surface area contributed by atoms with E-state index in [0.29, 0.717) is 0 Å². The quantitative estimate of drug-likeness (QED) is 0.499. The number of anilines is 1. The van der Waals surface area contributed by atoms with Crippen molar-refractivity contribution in [3.8, 4) is 0 Å². The minimum atomic E-state index is -4.55. The summed E-state index contributed by atoms with van der Waals surface area (Å²) in [6.45, 7) is 4.97. The molecule has 0 aromatic carbocycles. The Hall–Kier alpha value is -1.19. The van der Waals surface area contributed by atoms with Gasteiger partial charge in [-0.1, -0.05) is 0 Å². The van der Waals surface area contributed by atoms with Gasteiger partial charge in [-0.2, -0.15) is 13.4 Å². The van der Waals surface area contributed by atoms with Crippen LogP contribution in [0.4, 0.5) is 9.93 Å². The van der Waals surface area contributed by atoms with Crippen LogP contribution in [0.1, 0.15) is 20.8 Å². The molecule has 0 spiro atoms. The average Bonchev–Trinajstić information content (AvgIpc) is 2.46. The van der Waals surface area contributed by atoms with E-state index in [4.69, 9.17) is 4.74 Å². The van der Waals surface area contributed by atoms with Gasteiger partial charge in [0.25, 0.3) is 9.15 Å². The first-order valence-electron chi connectivity index (χ1n) is 4.53. The van der Waals surface area contributed by atoms with Gasteiger partial charge in [0.2, 0.25) is 0 Å². The topological polar surface area (TPSA) is 108 Å². The van der Waals surface area contributed by atoms with Gasteiger partial charge < -0.3 is 9.29 Å². The van der Waals surface area contributed by atoms with E-state index in [1.807, 2.05) is 0 Å². The highest BCUT2D eigenvalue weighted by Gasteiger charge is 2.26. The molecule has 0 aliphatic rings. The third kappa shape index (κ3) is 4.29. The van der Waals surface area contributed by atoms with E-state index in [1.165, 1.54) is 0 Å². The van der Waals surface area contributed by atoms with E-state index in [2.05, 4.69) is 10.3 Å². The fraction of sp³-hybridized carbons (Fsp3) is 0.500. The van der Waals surface area contributed by atoms with Crippen molar-refractivity contribution in [3.05, 3.63) is 11.6 Å². The van der Waals surface area contributed by atoms with Crippen molar-refractivity contribution in [2.24, 2.45) is 0 Å². The number of carbonyl (C=O) groups is 1. The number of nitrogens with one attached hydrogen (secondary N) is 1. The number of hydrogen-bond donors (Lipinski definition) is 1. The van der Waals surface area contributed by atoms with E-state index in [-0.39, 0.29) is 5.13 Å². The van der Waals surface area contributed by atoms with Crippen LogP contribution in [0.25, 0.3) is 0 Å². The smallest absolute Gasteiger partial charge is 0.417 e. The molecule has 0 fully saturated rings. The molecule has 1 rings (SSSR count). The minimum absolute atomic E-state index is 0.214. The Labute approximate surface area is 101 Å². The molecule has 0 radical (unpaired) electrons. The number of nitrogens with zero attached hydrogens (tertiary/aromatic N) is 1. The van der Waals surface area contributed by atoms with Gasteiger partial charge in [-0.05, 0) is 20.8 Å². The van der Waals surface area contributed by atoms with Crippen LogP contribution in [0.15, 0.2) is 11.6 Å². The summed E-state index contributed by atoms with van der Waals surface area (Å²) in [7, 11) is -6.31. The van der Waals surface area contributed by atoms with Gasteiger partial charge in [-0.15, -0.1) is 0 Å². The predicted octanol–water partition coefficient (Wildman–Crippen LogP) is 1.49. The number of thiazole rings is 1. The Morgan fingerprint density at radius 1 is 1.53 bits per heavy atom. The van der Waals surface area contributed by atoms with Crippen molar-refractivity contribution >= 4 is 29.9 Å². The third-order valence-electron chi connectivity index (χ3n) is 1.39. The lowest BCUT2D eigenvalue weighted by molar-refractivity contribution is 0.0636. The number of hydrogen-bond acceptors (Lipinski definition) is 6. The monoisotopic (exact) mass is 280 g/mol. The van der Waals surface area contributed by atoms with Crippen molar-refractivity contribution in [2.75, 3.05) is 5.32 Å². The maximum Gasteiger partial charge on any atom is 0.417 e. The first kappa shape index (κ1) is 13.9. The summed E-state index contributed by atoms with van der Waals surface area (Å²) < 4.78 is 37.4. The zero-order valence-corrected chi connectivity index (χ0v) is 11.1. The van der Waals surface area contributed by atoms with Gasteiger partial charge in [-0.25, -0.2) is 10.1 Å². The van der Waals surface area contributed by atoms with E-state index in [0.717, 1.165) is 11.6 Å². The van der Waals surface area contributed by atoms with Crippen LogP contribution in [-0.4, -0.2) is 29.6 Å². The first-order valence-corrected chi connectivity index (χ1v) is 7.75. The van der Waals surface area contributed by atoms with Crippen molar-refractivity contribution in [1.29, 1.82) is 0 Å². The fourth-order valence-electron chi connectivity index (χ4n) is 0.908. The van der Waals surface area contributed by atoms with Gasteiger partial charge in [0.15, 0.2) is 5.38 Å². The molecular weight excluding hydrogens is 268 g/mol. The second-order valence-corrected chi connectivity index (χ2v) is 8.42. The summed E-state index contributed by atoms with van der Waals surface area (Å²) in [5, 5.41) is 3.06. The Balaban J connectivity index is 2.84. The van der Waals surface area contributed by atoms with E-state index < -0.39 is 30.3 Å². The van der Waals surface area contributed by atoms with Crippen molar-refractivity contribution in [3.63, 3.8) is 0 Å². The lowest BCUT2D eigenvalue weighted by atomic mass is 10.2. The summed E-state index contributed by atoms with van der Waals surface area (Å²) in [5.41, 5.74) is -0.717. The highest BCUT2D eigenvalue weighted by molar-refractivity contribution is 8.36. The molecule has 0 aliphatic heterocycles. The van der Waals surface area contributed by atoms with Crippen LogP contribution in [0.5, 0.6) is 0 Å². The first-order chi connectivity index (χ1) is 7.59. The summed E-state index contributed by atoms with van der Waals surface area (Å²) in [4.78, 5) is 15.0. The van der Waals surface area contributed by atoms with Crippen LogP contribution >= 0.6 is 9.50 Å². The van der Waals surface area contributed by atoms with Gasteiger partial charge in [0.05, 0.1) is 6.20 Å². The highest BCUT2D eigenvalue weighted by Crippen LogP contribution is 2.32. The summed E-state index contributed by atoms with van der Waals surface area (Å²) in [6.07, 6.45) is 0.312. The number of ether oxygens (including phenoxy) is 1. The lowest BCUT2D eigenvalue weighted by Gasteiger charge is -2.18. The molecule has 1 aromatic heterocycles. The standard InChI is InChI=1S/C8H12N2O5S2/c1-8(2,3)15-7(11)10-6-9-4-5-16(6)17(12,13)14/h4-5H,1-3H3,(H-,9,10,11,12,13,14). The zero-order chi connectivity index (χ0) is 13.3. The van der Waals surface area contributed by atoms with E-state index in [1.54, 1.807) is 20.8 Å². The maximum absolute atomic E-state index is 11.4. The zero-order valence-electron chi connectivity index (χ0n) is 9.46. The number of amides is 1. The number of rotatable bonds is 2. The second kappa shape index (κ2) is 4.59. The fourth-order valence-corrected chi connectivity index (χ4v) is 3.28. The molecule has 0 saturated carbocycles. The molecule has 1 heterocycles. The SMILES string of the molecule is CC(C)(C)OC(=O)Nc1ncc[s+]1S(=O)(=O)[O-]. The maximum atomic E-state index is 11.4. The molecule has 0 aliphatic carbocycles. The molecule has 1 unspecified atom stereocenters. The largest absolute Gasteiger partial charge is 0.703 e. The van der Waals surface area contributed by atoms with Gasteiger partial charge in [0.1, 0.15) is 15.1 Å². The minimum Gasteiger partial charge on any atom is -0.703 e. The van der Waals surface area contributed by atoms with Crippen molar-refractivity contribution in [1.82, 2.24) is 4.98 Å². The van der Waals surface area contributed by atoms with Crippen LogP contribution < -0.4 is 5.32 Å². The third-order valence-corrected chi connectivity index (χ3v) is 4.92. The highest BCUT2D eigenvalue weighted by atomic mass is 33.2. The van der Waals surface area contributed by atoms with Crippen LogP contribution in [0, 0.1) is 0 Å². The summed E-state index contributed by atoms with van der Waals surface area (Å²) in [6, 6.07) is 0. The Bertz CT molecular complexity index is 514. The number of carbonyl (C=O) groups excluding carboxylic acids is 1. The van der Waals surface area contributed by atoms with Gasteiger partial charge >= 0.3 is 11.2 Å². The molecule has 0 saturated heterocycles. The molecule has 1 N–H and O–H groups in total. The van der Waals surface area contributed by atoms with Crippen LogP contribution in [0.3, 0.4) is 0 Å². The molecule has 96 valence electrons. The summed E-state index contributed by atoms with van der Waals surface area (Å²) in [5.74, 6) is 0. The van der Waals surface area contributed by atoms with E-state index >= 15 is 0 Å². The number of aromatic nitrogens is 1. The lowest BCUT2D eigenvalue weighted by Crippen LogP contribution is -2.27. The summed E-state index contributed by atoms with van der Waals surface area (Å²) >= 11 is 0. The molecule has 1 amide bonds. The molecule has 7 nitrogen and oxygen atoms in total. The van der Waals surface area contributed by atoms with Gasteiger partial charge in [-0.3, -0.25) is 0 Å². The molecular formula is C8H12N2O5S2. The second-order valence-electron chi connectivity index (χ2n) is 4.05. The molecule has 1 atom stereocenters. The van der Waals surface area contributed by atoms with Crippen LogP contribution in [-0.2, 0) is 13.9 Å². The average molecular weight is 280 g/mol. The van der Waals surface area contributed by atoms with Crippen molar-refractivity contribution in [2.45, 2.75) is 26.4 Å². The molecule has 9 heteroatoms. The Kier molecular flexibility index (Phi) is 3.74. The molecule has 1 aromatic rings. The predicted molar refractivity (Wildman–Crippen MR) is 61.7 cm³/mol. The van der Waals surface area contributed by atoms with Crippen molar-refractivity contribution < 1.29 is 22.5 Å². The van der Waals surface area contributed by atoms with Gasteiger partial charge in [0, 0.05) is 0 Å². The van der Waals surface area contributed by atoms with E-state index in [9.17, 15) is 17.8 Å².